The summed E-state index contributed by atoms with van der Waals surface area (Å²) in [5.41, 5.74) is 0.163. The lowest BCUT2D eigenvalue weighted by atomic mass is 9.43. The van der Waals surface area contributed by atoms with E-state index in [0.29, 0.717) is 18.3 Å². The SMILES string of the molecule is C=C(C)C(CC)(CC)CC[C@@H](C)[C@H]1CC[C@@]2(C)[C@@H]3C[C@H](OS(=O)(=O)O)[C@H]4[C@@H](O)[C@H](OS(=O)(=O)O)[C@@H](OS(=O)(=O)O)C[C@]4(C)C3=CC[C@]12C. The Labute approximate surface area is 286 Å². The number of hydrogen-bond donors (Lipinski definition) is 4. The molecule has 4 rings (SSSR count). The van der Waals surface area contributed by atoms with Gasteiger partial charge in [0.15, 0.2) is 0 Å². The first-order valence-electron chi connectivity index (χ1n) is 16.8. The zero-order valence-electron chi connectivity index (χ0n) is 29.0. The van der Waals surface area contributed by atoms with Crippen molar-refractivity contribution >= 4 is 31.2 Å². The molecule has 278 valence electrons. The van der Waals surface area contributed by atoms with Crippen LogP contribution < -0.4 is 0 Å². The standard InChI is InChI=1S/C32H54O13S3/c1-9-32(10-2,19(3)4)16-11-20(5)21-12-14-31(8)23-17-24(43-46(34,35)36)26-27(33)28(45-48(40,41)42)25(44-47(37,38)39)18-29(26,6)22(23)13-15-30(21,31)7/h13,20-21,23-28,33H,3,9-12,14-18H2,1-2,4-8H3,(H,34,35,36)(H,37,38,39)(H,40,41,42)/t20-,21-,23-,24+,25+,26+,27-,28-,29-,30-,31+/m1/s1. The summed E-state index contributed by atoms with van der Waals surface area (Å²) in [7, 11) is -15.6. The van der Waals surface area contributed by atoms with Gasteiger partial charge in [0.2, 0.25) is 0 Å². The highest BCUT2D eigenvalue weighted by Gasteiger charge is 2.68. The first-order chi connectivity index (χ1) is 21.8. The largest absolute Gasteiger partial charge is 0.397 e. The molecule has 0 aliphatic heterocycles. The van der Waals surface area contributed by atoms with Gasteiger partial charge >= 0.3 is 31.2 Å². The molecule has 3 fully saturated rings. The van der Waals surface area contributed by atoms with Crippen LogP contribution >= 0.6 is 0 Å². The fourth-order valence-electron chi connectivity index (χ4n) is 10.9. The first-order valence-corrected chi connectivity index (χ1v) is 20.9. The molecule has 0 heterocycles. The van der Waals surface area contributed by atoms with E-state index in [1.165, 1.54) is 5.57 Å². The minimum Gasteiger partial charge on any atom is -0.390 e. The topological polar surface area (TPSA) is 211 Å². The summed E-state index contributed by atoms with van der Waals surface area (Å²) in [6.07, 6.45) is 0.966. The van der Waals surface area contributed by atoms with Crippen LogP contribution in [0, 0.1) is 45.3 Å². The normalized spacial score (nSPS) is 39.6. The second-order valence-corrected chi connectivity index (χ2v) is 18.8. The number of rotatable bonds is 13. The van der Waals surface area contributed by atoms with Crippen LogP contribution in [0.25, 0.3) is 0 Å². The van der Waals surface area contributed by atoms with Crippen LogP contribution in [0.4, 0.5) is 0 Å². The lowest BCUT2D eigenvalue weighted by Crippen LogP contribution is -2.65. The van der Waals surface area contributed by atoms with Crippen LogP contribution in [0.3, 0.4) is 0 Å². The van der Waals surface area contributed by atoms with Gasteiger partial charge in [-0.1, -0.05) is 65.3 Å². The molecule has 13 nitrogen and oxygen atoms in total. The van der Waals surface area contributed by atoms with Crippen molar-refractivity contribution in [3.63, 3.8) is 0 Å². The van der Waals surface area contributed by atoms with Crippen LogP contribution in [0.5, 0.6) is 0 Å². The Morgan fingerprint density at radius 3 is 2.00 bits per heavy atom. The summed E-state index contributed by atoms with van der Waals surface area (Å²) in [6.45, 7) is 19.2. The Morgan fingerprint density at radius 1 is 0.958 bits per heavy atom. The molecule has 11 atom stereocenters. The average Bonchev–Trinajstić information content (AvgIpc) is 3.20. The number of aliphatic hydroxyl groups is 1. The lowest BCUT2D eigenvalue weighted by molar-refractivity contribution is -0.179. The highest BCUT2D eigenvalue weighted by Crippen LogP contribution is 2.72. The van der Waals surface area contributed by atoms with Gasteiger partial charge in [0, 0.05) is 5.92 Å². The zero-order chi connectivity index (χ0) is 36.5. The number of fused-ring (bicyclic) bond motifs is 5. The fraction of sp³-hybridized carbons (Fsp3) is 0.875. The molecule has 0 aromatic heterocycles. The smallest absolute Gasteiger partial charge is 0.390 e. The van der Waals surface area contributed by atoms with E-state index in [1.807, 2.05) is 0 Å². The quantitative estimate of drug-likeness (QED) is 0.136. The third-order valence-corrected chi connectivity index (χ3v) is 15.1. The maximum absolute atomic E-state index is 12.2. The Bertz CT molecular complexity index is 1600. The van der Waals surface area contributed by atoms with E-state index in [1.54, 1.807) is 6.92 Å². The minimum atomic E-state index is -5.29. The van der Waals surface area contributed by atoms with Crippen LogP contribution in [-0.4, -0.2) is 68.4 Å². The van der Waals surface area contributed by atoms with Gasteiger partial charge in [0.25, 0.3) is 0 Å². The molecule has 48 heavy (non-hydrogen) atoms. The highest BCUT2D eigenvalue weighted by atomic mass is 32.3. The lowest BCUT2D eigenvalue weighted by Gasteiger charge is -2.63. The molecule has 16 heteroatoms. The second kappa shape index (κ2) is 13.2. The molecule has 0 spiro atoms. The number of aliphatic hydroxyl groups excluding tert-OH is 1. The van der Waals surface area contributed by atoms with Gasteiger partial charge in [0.1, 0.15) is 12.2 Å². The molecule has 4 aliphatic rings. The van der Waals surface area contributed by atoms with E-state index in [4.69, 9.17) is 8.37 Å². The van der Waals surface area contributed by atoms with Gasteiger partial charge in [-0.05, 0) is 104 Å². The number of allylic oxidation sites excluding steroid dienone is 3. The van der Waals surface area contributed by atoms with Crippen molar-refractivity contribution in [1.29, 1.82) is 0 Å². The predicted octanol–water partition coefficient (Wildman–Crippen LogP) is 5.51. The highest BCUT2D eigenvalue weighted by molar-refractivity contribution is 7.81. The Morgan fingerprint density at radius 2 is 1.50 bits per heavy atom. The monoisotopic (exact) mass is 742 g/mol. The third kappa shape index (κ3) is 7.22. The van der Waals surface area contributed by atoms with Gasteiger partial charge in [-0.3, -0.25) is 13.7 Å². The van der Waals surface area contributed by atoms with E-state index in [9.17, 15) is 44.0 Å². The van der Waals surface area contributed by atoms with Gasteiger partial charge in [-0.25, -0.2) is 12.5 Å². The summed E-state index contributed by atoms with van der Waals surface area (Å²) in [4.78, 5) is 0. The van der Waals surface area contributed by atoms with E-state index < -0.39 is 72.4 Å². The molecule has 0 amide bonds. The molecular weight excluding hydrogens is 689 g/mol. The summed E-state index contributed by atoms with van der Waals surface area (Å²) in [6, 6.07) is 0. The van der Waals surface area contributed by atoms with Crippen molar-refractivity contribution in [2.24, 2.45) is 45.3 Å². The van der Waals surface area contributed by atoms with Crippen molar-refractivity contribution in [2.45, 2.75) is 131 Å². The first kappa shape index (κ1) is 39.8. The van der Waals surface area contributed by atoms with Gasteiger partial charge < -0.3 is 5.11 Å². The summed E-state index contributed by atoms with van der Waals surface area (Å²) in [5, 5.41) is 11.6. The van der Waals surface area contributed by atoms with Crippen molar-refractivity contribution in [3.05, 3.63) is 23.8 Å². The minimum absolute atomic E-state index is 0.0446. The maximum Gasteiger partial charge on any atom is 0.397 e. The van der Waals surface area contributed by atoms with E-state index in [0.717, 1.165) is 44.1 Å². The molecule has 0 aromatic carbocycles. The number of hydrogen-bond acceptors (Lipinski definition) is 10. The van der Waals surface area contributed by atoms with Crippen molar-refractivity contribution in [1.82, 2.24) is 0 Å². The fourth-order valence-corrected chi connectivity index (χ4v) is 12.4. The van der Waals surface area contributed by atoms with E-state index in [2.05, 4.69) is 58.4 Å². The maximum atomic E-state index is 12.2. The van der Waals surface area contributed by atoms with Crippen LogP contribution in [-0.2, 0) is 43.7 Å². The van der Waals surface area contributed by atoms with Crippen molar-refractivity contribution in [2.75, 3.05) is 0 Å². The molecule has 4 aliphatic carbocycles. The predicted molar refractivity (Wildman–Crippen MR) is 177 cm³/mol. The third-order valence-electron chi connectivity index (χ3n) is 13.7. The Hall–Kier alpha value is -0.950. The molecule has 0 aromatic rings. The van der Waals surface area contributed by atoms with E-state index in [-0.39, 0.29) is 29.6 Å². The van der Waals surface area contributed by atoms with Crippen LogP contribution in [0.15, 0.2) is 23.8 Å². The zero-order valence-corrected chi connectivity index (χ0v) is 31.4. The summed E-state index contributed by atoms with van der Waals surface area (Å²) < 4.78 is 115. The van der Waals surface area contributed by atoms with Crippen LogP contribution in [0.2, 0.25) is 0 Å². The summed E-state index contributed by atoms with van der Waals surface area (Å²) >= 11 is 0. The Kier molecular flexibility index (Phi) is 11.0. The molecule has 3 saturated carbocycles. The van der Waals surface area contributed by atoms with E-state index >= 15 is 0 Å². The molecule has 4 N–H and O–H groups in total. The van der Waals surface area contributed by atoms with Gasteiger partial charge in [-0.15, -0.1) is 0 Å². The average molecular weight is 743 g/mol. The van der Waals surface area contributed by atoms with Gasteiger partial charge in [0.05, 0.1) is 12.2 Å². The van der Waals surface area contributed by atoms with Crippen LogP contribution in [0.1, 0.15) is 106 Å². The molecule has 0 saturated heterocycles. The molecule has 0 radical (unpaired) electrons. The Balaban J connectivity index is 1.78. The molecular formula is C32H54O13S3. The molecule has 0 unspecified atom stereocenters. The second-order valence-electron chi connectivity index (χ2n) is 15.7. The van der Waals surface area contributed by atoms with Gasteiger partial charge in [-0.2, -0.15) is 25.3 Å². The molecule has 0 bridgehead atoms. The summed E-state index contributed by atoms with van der Waals surface area (Å²) in [5.74, 6) is -0.900. The van der Waals surface area contributed by atoms with Crippen molar-refractivity contribution < 1.29 is 56.6 Å². The van der Waals surface area contributed by atoms with Crippen molar-refractivity contribution in [3.8, 4) is 0 Å².